The summed E-state index contributed by atoms with van der Waals surface area (Å²) in [5, 5.41) is 4.70. The fourth-order valence-corrected chi connectivity index (χ4v) is 8.43. The van der Waals surface area contributed by atoms with Crippen molar-refractivity contribution >= 4 is 61.5 Å². The number of thiophene rings is 2. The zero-order valence-corrected chi connectivity index (χ0v) is 22.2. The number of aromatic nitrogens is 2. The number of allylic oxidation sites excluding steroid dienone is 1. The molecule has 5 rings (SSSR count). The van der Waals surface area contributed by atoms with Crippen molar-refractivity contribution in [1.82, 2.24) is 9.55 Å². The van der Waals surface area contributed by atoms with Gasteiger partial charge in [-0.2, -0.15) is 0 Å². The number of aryl methyl sites for hydroxylation is 2. The lowest BCUT2D eigenvalue weighted by Crippen LogP contribution is -2.24. The van der Waals surface area contributed by atoms with Crippen LogP contribution in [0, 0.1) is 5.92 Å². The third-order valence-electron chi connectivity index (χ3n) is 6.59. The van der Waals surface area contributed by atoms with Crippen LogP contribution in [0.15, 0.2) is 22.6 Å². The molecule has 0 fully saturated rings. The Morgan fingerprint density at radius 2 is 2.09 bits per heavy atom. The number of nitrogens with one attached hydrogen (secondary N) is 1. The molecule has 7 nitrogen and oxygen atoms in total. The van der Waals surface area contributed by atoms with Crippen LogP contribution in [0.2, 0.25) is 0 Å². The second-order valence-corrected chi connectivity index (χ2v) is 12.2. The van der Waals surface area contributed by atoms with Gasteiger partial charge in [-0.1, -0.05) is 24.8 Å². The van der Waals surface area contributed by atoms with Crippen molar-refractivity contribution in [1.29, 1.82) is 0 Å². The molecule has 2 aliphatic carbocycles. The summed E-state index contributed by atoms with van der Waals surface area (Å²) in [6.07, 6.45) is 7.38. The molecule has 0 spiro atoms. The van der Waals surface area contributed by atoms with Crippen molar-refractivity contribution in [3.63, 3.8) is 0 Å². The van der Waals surface area contributed by atoms with Gasteiger partial charge in [0.2, 0.25) is 5.91 Å². The summed E-state index contributed by atoms with van der Waals surface area (Å²) in [6.45, 7) is 6.32. The number of hydrogen-bond donors (Lipinski definition) is 1. The molecule has 0 saturated heterocycles. The summed E-state index contributed by atoms with van der Waals surface area (Å²) in [5.74, 6) is -0.0515. The smallest absolute Gasteiger partial charge is 0.341 e. The lowest BCUT2D eigenvalue weighted by molar-refractivity contribution is -0.113. The van der Waals surface area contributed by atoms with Crippen LogP contribution in [0.1, 0.15) is 51.0 Å². The Hall–Kier alpha value is -2.43. The van der Waals surface area contributed by atoms with Crippen LogP contribution in [0.3, 0.4) is 0 Å². The molecule has 0 aromatic carbocycles. The van der Waals surface area contributed by atoms with Crippen LogP contribution in [0.25, 0.3) is 10.2 Å². The first-order valence-electron chi connectivity index (χ1n) is 11.7. The minimum absolute atomic E-state index is 0.0646. The molecule has 3 aromatic rings. The molecule has 0 bridgehead atoms. The Bertz CT molecular complexity index is 1400. The highest BCUT2D eigenvalue weighted by Crippen LogP contribution is 2.40. The highest BCUT2D eigenvalue weighted by molar-refractivity contribution is 7.99. The van der Waals surface area contributed by atoms with Gasteiger partial charge in [0.25, 0.3) is 5.56 Å². The van der Waals surface area contributed by atoms with E-state index in [9.17, 15) is 14.4 Å². The average Bonchev–Trinajstić information content (AvgIpc) is 3.51. The Morgan fingerprint density at radius 1 is 1.26 bits per heavy atom. The van der Waals surface area contributed by atoms with E-state index < -0.39 is 5.97 Å². The van der Waals surface area contributed by atoms with E-state index in [2.05, 4.69) is 18.8 Å². The SMILES string of the molecule is C=CCn1c(SCC(=O)Nc2sc3c(c2C(=O)OC)CC[C@H](C)C3)nc2sc3c(c2c1=O)CCC3. The number of methoxy groups -OCH3 is 1. The second-order valence-electron chi connectivity index (χ2n) is 9.02. The number of nitrogens with zero attached hydrogens (tertiary/aromatic N) is 2. The number of rotatable bonds is 7. The number of anilines is 1. The average molecular weight is 530 g/mol. The highest BCUT2D eigenvalue weighted by atomic mass is 32.2. The quantitative estimate of drug-likeness (QED) is 0.204. The minimum Gasteiger partial charge on any atom is -0.465 e. The molecule has 1 N–H and O–H groups in total. The van der Waals surface area contributed by atoms with E-state index in [4.69, 9.17) is 9.72 Å². The predicted molar refractivity (Wildman–Crippen MR) is 142 cm³/mol. The molecule has 2 aliphatic rings. The molecular formula is C25H27N3O4S3. The fraction of sp³-hybridized carbons (Fsp3) is 0.440. The number of carbonyl (C=O) groups is 2. The predicted octanol–water partition coefficient (Wildman–Crippen LogP) is 4.84. The number of carbonyl (C=O) groups excluding carboxylic acids is 2. The molecule has 0 unspecified atom stereocenters. The van der Waals surface area contributed by atoms with Gasteiger partial charge < -0.3 is 10.1 Å². The molecule has 1 atom stereocenters. The van der Waals surface area contributed by atoms with E-state index in [0.29, 0.717) is 28.2 Å². The van der Waals surface area contributed by atoms with Crippen LogP contribution >= 0.6 is 34.4 Å². The maximum atomic E-state index is 13.3. The van der Waals surface area contributed by atoms with Crippen LogP contribution in [-0.2, 0) is 41.8 Å². The summed E-state index contributed by atoms with van der Waals surface area (Å²) in [4.78, 5) is 46.7. The van der Waals surface area contributed by atoms with Crippen LogP contribution in [0.4, 0.5) is 5.00 Å². The summed E-state index contributed by atoms with van der Waals surface area (Å²) < 4.78 is 6.62. The first-order valence-corrected chi connectivity index (χ1v) is 14.3. The first kappa shape index (κ1) is 24.3. The Labute approximate surface area is 215 Å². The molecular weight excluding hydrogens is 502 g/mol. The van der Waals surface area contributed by atoms with Gasteiger partial charge in [-0.05, 0) is 55.6 Å². The molecule has 10 heteroatoms. The topological polar surface area (TPSA) is 90.3 Å². The molecule has 1 amide bonds. The minimum atomic E-state index is -0.419. The van der Waals surface area contributed by atoms with Gasteiger partial charge in [0.15, 0.2) is 5.16 Å². The second kappa shape index (κ2) is 9.91. The maximum Gasteiger partial charge on any atom is 0.341 e. The number of fused-ring (bicyclic) bond motifs is 4. The molecule has 0 radical (unpaired) electrons. The Morgan fingerprint density at radius 3 is 2.86 bits per heavy atom. The van der Waals surface area contributed by atoms with Crippen LogP contribution in [0.5, 0.6) is 0 Å². The zero-order valence-electron chi connectivity index (χ0n) is 19.8. The lowest BCUT2D eigenvalue weighted by Gasteiger charge is -2.18. The Kier molecular flexibility index (Phi) is 6.87. The number of ether oxygens (including phenoxy) is 1. The molecule has 35 heavy (non-hydrogen) atoms. The van der Waals surface area contributed by atoms with Crippen molar-refractivity contribution < 1.29 is 14.3 Å². The van der Waals surface area contributed by atoms with Gasteiger partial charge in [-0.15, -0.1) is 29.3 Å². The summed E-state index contributed by atoms with van der Waals surface area (Å²) in [5.41, 5.74) is 2.56. The van der Waals surface area contributed by atoms with E-state index in [1.165, 1.54) is 35.1 Å². The number of amides is 1. The summed E-state index contributed by atoms with van der Waals surface area (Å²) in [7, 11) is 1.36. The van der Waals surface area contributed by atoms with Gasteiger partial charge in [0, 0.05) is 16.3 Å². The molecule has 0 aliphatic heterocycles. The number of esters is 1. The van der Waals surface area contributed by atoms with Gasteiger partial charge in [-0.3, -0.25) is 14.2 Å². The first-order chi connectivity index (χ1) is 16.9. The van der Waals surface area contributed by atoms with Gasteiger partial charge in [0.1, 0.15) is 9.83 Å². The summed E-state index contributed by atoms with van der Waals surface area (Å²) >= 11 is 4.28. The fourth-order valence-electron chi connectivity index (χ4n) is 4.91. The zero-order chi connectivity index (χ0) is 24.7. The van der Waals surface area contributed by atoms with E-state index >= 15 is 0 Å². The van der Waals surface area contributed by atoms with Crippen molar-refractivity contribution in [2.75, 3.05) is 18.2 Å². The molecule has 0 saturated carbocycles. The van der Waals surface area contributed by atoms with Crippen molar-refractivity contribution in [2.24, 2.45) is 5.92 Å². The Balaban J connectivity index is 1.39. The van der Waals surface area contributed by atoms with Gasteiger partial charge in [-0.25, -0.2) is 9.78 Å². The van der Waals surface area contributed by atoms with Crippen LogP contribution < -0.4 is 10.9 Å². The number of thioether (sulfide) groups is 1. The van der Waals surface area contributed by atoms with Crippen molar-refractivity contribution in [3.8, 4) is 0 Å². The third kappa shape index (κ3) is 4.47. The molecule has 3 aromatic heterocycles. The largest absolute Gasteiger partial charge is 0.465 e. The summed E-state index contributed by atoms with van der Waals surface area (Å²) in [6, 6.07) is 0. The van der Waals surface area contributed by atoms with Crippen molar-refractivity contribution in [2.45, 2.75) is 57.1 Å². The van der Waals surface area contributed by atoms with E-state index in [1.54, 1.807) is 22.0 Å². The molecule has 3 heterocycles. The normalized spacial score (nSPS) is 16.7. The van der Waals surface area contributed by atoms with Gasteiger partial charge >= 0.3 is 5.97 Å². The van der Waals surface area contributed by atoms with E-state index in [1.807, 2.05) is 0 Å². The highest BCUT2D eigenvalue weighted by Gasteiger charge is 2.29. The van der Waals surface area contributed by atoms with Crippen molar-refractivity contribution in [3.05, 3.63) is 49.5 Å². The van der Waals surface area contributed by atoms with Crippen LogP contribution in [-0.4, -0.2) is 34.3 Å². The monoisotopic (exact) mass is 529 g/mol. The maximum absolute atomic E-state index is 13.3. The molecule has 184 valence electrons. The van der Waals surface area contributed by atoms with Gasteiger partial charge in [0.05, 0.1) is 23.8 Å². The van der Waals surface area contributed by atoms with E-state index in [0.717, 1.165) is 64.7 Å². The number of hydrogen-bond acceptors (Lipinski definition) is 8. The third-order valence-corrected chi connectivity index (χ3v) is 9.92. The standard InChI is InChI=1S/C25H27N3O4S3/c1-4-10-28-23(30)19-14-6-5-7-16(14)34-21(19)27-25(28)33-12-18(29)26-22-20(24(31)32-3)15-9-8-13(2)11-17(15)35-22/h4,13H,1,5-12H2,2-3H3,(H,26,29)/t13-/m0/s1. The lowest BCUT2D eigenvalue weighted by atomic mass is 9.88. The van der Waals surface area contributed by atoms with E-state index in [-0.39, 0.29) is 17.2 Å².